The van der Waals surface area contributed by atoms with E-state index in [2.05, 4.69) is 13.8 Å². The van der Waals surface area contributed by atoms with Crippen LogP contribution in [0.4, 0.5) is 0 Å². The molecule has 2 aromatic rings. The normalized spacial score (nSPS) is 23.2. The molecule has 1 amide bonds. The van der Waals surface area contributed by atoms with E-state index in [1.54, 1.807) is 0 Å². The average molecular weight is 308 g/mol. The third kappa shape index (κ3) is 2.45. The molecule has 0 N–H and O–H groups in total. The Morgan fingerprint density at radius 3 is 2.55 bits per heavy atom. The summed E-state index contributed by atoms with van der Waals surface area (Å²) in [5.41, 5.74) is 0. The molecule has 0 saturated carbocycles. The van der Waals surface area contributed by atoms with Crippen LogP contribution in [0.25, 0.3) is 10.1 Å². The number of hydrogen-bond acceptors (Lipinski definition) is 2. The Balaban J connectivity index is 1.94. The lowest BCUT2D eigenvalue weighted by molar-refractivity contribution is 0.0628. The number of thiophene rings is 1. The Morgan fingerprint density at radius 2 is 1.90 bits per heavy atom. The molecule has 3 rings (SSSR count). The molecule has 1 aliphatic heterocycles. The fourth-order valence-electron chi connectivity index (χ4n) is 3.12. The Kier molecular flexibility index (Phi) is 3.74. The number of carbonyl (C=O) groups excluding carboxylic acids is 1. The van der Waals surface area contributed by atoms with Crippen LogP contribution in [0.3, 0.4) is 0 Å². The van der Waals surface area contributed by atoms with Gasteiger partial charge in [0.2, 0.25) is 0 Å². The van der Waals surface area contributed by atoms with E-state index in [9.17, 15) is 4.79 Å². The summed E-state index contributed by atoms with van der Waals surface area (Å²) in [6.07, 6.45) is 1.20. The quantitative estimate of drug-likeness (QED) is 0.749. The molecule has 2 atom stereocenters. The van der Waals surface area contributed by atoms with Crippen molar-refractivity contribution in [2.24, 2.45) is 11.8 Å². The molecule has 20 heavy (non-hydrogen) atoms. The first kappa shape index (κ1) is 13.9. The third-order valence-electron chi connectivity index (χ3n) is 3.89. The minimum absolute atomic E-state index is 0.0922. The minimum Gasteiger partial charge on any atom is -0.337 e. The number of halogens is 1. The van der Waals surface area contributed by atoms with E-state index in [4.69, 9.17) is 11.6 Å². The molecule has 2 nitrogen and oxygen atoms in total. The Hall–Kier alpha value is -1.06. The van der Waals surface area contributed by atoms with Gasteiger partial charge in [0.05, 0.1) is 5.02 Å². The number of fused-ring (bicyclic) bond motifs is 1. The van der Waals surface area contributed by atoms with E-state index in [0.29, 0.717) is 21.7 Å². The molecular formula is C16H18ClNOS. The van der Waals surface area contributed by atoms with Crippen LogP contribution >= 0.6 is 22.9 Å². The third-order valence-corrected chi connectivity index (χ3v) is 5.55. The van der Waals surface area contributed by atoms with Gasteiger partial charge in [-0.2, -0.15) is 0 Å². The lowest BCUT2D eigenvalue weighted by Gasteiger charge is -2.34. The maximum atomic E-state index is 12.7. The second-order valence-corrected chi connectivity index (χ2v) is 7.33. The van der Waals surface area contributed by atoms with Gasteiger partial charge in [-0.15, -0.1) is 11.3 Å². The molecule has 1 aromatic carbocycles. The molecule has 1 saturated heterocycles. The van der Waals surface area contributed by atoms with E-state index in [1.807, 2.05) is 29.2 Å². The summed E-state index contributed by atoms with van der Waals surface area (Å²) in [4.78, 5) is 15.4. The van der Waals surface area contributed by atoms with Crippen LogP contribution in [-0.2, 0) is 0 Å². The highest BCUT2D eigenvalue weighted by atomic mass is 35.5. The Morgan fingerprint density at radius 1 is 1.25 bits per heavy atom. The first-order valence-corrected chi connectivity index (χ1v) is 8.22. The van der Waals surface area contributed by atoms with Crippen molar-refractivity contribution in [1.82, 2.24) is 4.90 Å². The number of piperidine rings is 1. The van der Waals surface area contributed by atoms with E-state index < -0.39 is 0 Å². The fourth-order valence-corrected chi connectivity index (χ4v) is 4.60. The largest absolute Gasteiger partial charge is 0.337 e. The van der Waals surface area contributed by atoms with Crippen molar-refractivity contribution >= 4 is 38.9 Å². The van der Waals surface area contributed by atoms with Gasteiger partial charge in [0, 0.05) is 23.2 Å². The molecule has 0 spiro atoms. The first-order chi connectivity index (χ1) is 9.56. The highest BCUT2D eigenvalue weighted by molar-refractivity contribution is 7.21. The molecule has 0 radical (unpaired) electrons. The smallest absolute Gasteiger partial charge is 0.265 e. The van der Waals surface area contributed by atoms with Crippen LogP contribution in [0.15, 0.2) is 24.3 Å². The van der Waals surface area contributed by atoms with E-state index in [0.717, 1.165) is 23.2 Å². The van der Waals surface area contributed by atoms with Crippen LogP contribution < -0.4 is 0 Å². The van der Waals surface area contributed by atoms with Crippen molar-refractivity contribution in [2.45, 2.75) is 20.3 Å². The van der Waals surface area contributed by atoms with Crippen LogP contribution in [-0.4, -0.2) is 23.9 Å². The second kappa shape index (κ2) is 5.38. The van der Waals surface area contributed by atoms with Gasteiger partial charge in [-0.1, -0.05) is 43.6 Å². The molecule has 1 aliphatic rings. The lowest BCUT2D eigenvalue weighted by Crippen LogP contribution is -2.42. The number of benzene rings is 1. The van der Waals surface area contributed by atoms with Crippen molar-refractivity contribution in [3.8, 4) is 0 Å². The first-order valence-electron chi connectivity index (χ1n) is 7.02. The van der Waals surface area contributed by atoms with Gasteiger partial charge in [-0.3, -0.25) is 4.79 Å². The number of nitrogens with zero attached hydrogens (tertiary/aromatic N) is 1. The van der Waals surface area contributed by atoms with Crippen molar-refractivity contribution in [3.63, 3.8) is 0 Å². The molecule has 0 unspecified atom stereocenters. The summed E-state index contributed by atoms with van der Waals surface area (Å²) < 4.78 is 1.08. The van der Waals surface area contributed by atoms with Gasteiger partial charge >= 0.3 is 0 Å². The molecule has 4 heteroatoms. The zero-order valence-corrected chi connectivity index (χ0v) is 13.3. The van der Waals surface area contributed by atoms with Gasteiger partial charge in [0.1, 0.15) is 4.88 Å². The fraction of sp³-hybridized carbons (Fsp3) is 0.438. The molecule has 0 bridgehead atoms. The van der Waals surface area contributed by atoms with E-state index in [1.165, 1.54) is 17.8 Å². The predicted octanol–water partition coefficient (Wildman–Crippen LogP) is 4.67. The number of carbonyl (C=O) groups is 1. The SMILES string of the molecule is C[C@@H]1C[C@H](C)CN(C(=O)c2sc3ccccc3c2Cl)C1. The van der Waals surface area contributed by atoms with Gasteiger partial charge in [0.25, 0.3) is 5.91 Å². The van der Waals surface area contributed by atoms with Crippen LogP contribution in [0.5, 0.6) is 0 Å². The summed E-state index contributed by atoms with van der Waals surface area (Å²) in [5.74, 6) is 1.22. The number of amides is 1. The number of likely N-dealkylation sites (tertiary alicyclic amines) is 1. The average Bonchev–Trinajstić information content (AvgIpc) is 2.75. The molecular weight excluding hydrogens is 290 g/mol. The highest BCUT2D eigenvalue weighted by Gasteiger charge is 2.28. The van der Waals surface area contributed by atoms with Crippen LogP contribution in [0.2, 0.25) is 5.02 Å². The summed E-state index contributed by atoms with van der Waals surface area (Å²) in [6, 6.07) is 7.94. The molecule has 106 valence electrons. The zero-order valence-electron chi connectivity index (χ0n) is 11.7. The molecule has 0 aliphatic carbocycles. The highest BCUT2D eigenvalue weighted by Crippen LogP contribution is 2.36. The summed E-state index contributed by atoms with van der Waals surface area (Å²) in [5, 5.41) is 1.60. The van der Waals surface area contributed by atoms with Crippen LogP contribution in [0, 0.1) is 11.8 Å². The summed E-state index contributed by atoms with van der Waals surface area (Å²) >= 11 is 7.91. The maximum absolute atomic E-state index is 12.7. The van der Waals surface area contributed by atoms with E-state index in [-0.39, 0.29) is 5.91 Å². The lowest BCUT2D eigenvalue weighted by atomic mass is 9.92. The zero-order chi connectivity index (χ0) is 14.3. The Bertz CT molecular complexity index is 641. The monoisotopic (exact) mass is 307 g/mol. The van der Waals surface area contributed by atoms with Crippen molar-refractivity contribution in [3.05, 3.63) is 34.2 Å². The van der Waals surface area contributed by atoms with Gasteiger partial charge in [-0.25, -0.2) is 0 Å². The maximum Gasteiger partial charge on any atom is 0.265 e. The minimum atomic E-state index is 0.0922. The van der Waals surface area contributed by atoms with Gasteiger partial charge in [0.15, 0.2) is 0 Å². The molecule has 1 fully saturated rings. The van der Waals surface area contributed by atoms with Gasteiger partial charge in [-0.05, 0) is 24.3 Å². The topological polar surface area (TPSA) is 20.3 Å². The van der Waals surface area contributed by atoms with Crippen molar-refractivity contribution in [1.29, 1.82) is 0 Å². The Labute approximate surface area is 128 Å². The summed E-state index contributed by atoms with van der Waals surface area (Å²) in [7, 11) is 0. The van der Waals surface area contributed by atoms with E-state index >= 15 is 0 Å². The predicted molar refractivity (Wildman–Crippen MR) is 85.7 cm³/mol. The molecule has 1 aromatic heterocycles. The second-order valence-electron chi connectivity index (χ2n) is 5.90. The standard InChI is InChI=1S/C16H18ClNOS/c1-10-7-11(2)9-18(8-10)16(19)15-14(17)12-5-3-4-6-13(12)20-15/h3-6,10-11H,7-9H2,1-2H3/t10-,11+. The number of hydrogen-bond donors (Lipinski definition) is 0. The van der Waals surface area contributed by atoms with Crippen LogP contribution in [0.1, 0.15) is 29.9 Å². The van der Waals surface area contributed by atoms with Crippen molar-refractivity contribution < 1.29 is 4.79 Å². The van der Waals surface area contributed by atoms with Gasteiger partial charge < -0.3 is 4.90 Å². The molecule has 2 heterocycles. The number of rotatable bonds is 1. The van der Waals surface area contributed by atoms with Crippen molar-refractivity contribution in [2.75, 3.05) is 13.1 Å². The summed E-state index contributed by atoms with van der Waals surface area (Å²) in [6.45, 7) is 6.10.